The number of rotatable bonds is 5. The van der Waals surface area contributed by atoms with Gasteiger partial charge in [0.25, 0.3) is 0 Å². The number of fused-ring (bicyclic) bond motifs is 1. The van der Waals surface area contributed by atoms with Crippen LogP contribution in [0.5, 0.6) is 0 Å². The molecular weight excluding hydrogens is 464 g/mol. The van der Waals surface area contributed by atoms with Crippen molar-refractivity contribution in [2.75, 3.05) is 11.1 Å². The first-order valence-electron chi connectivity index (χ1n) is 10.8. The molecule has 0 atom stereocenters. The van der Waals surface area contributed by atoms with E-state index in [1.54, 1.807) is 11.8 Å². The number of aromatic nitrogens is 2. The summed E-state index contributed by atoms with van der Waals surface area (Å²) in [5.41, 5.74) is 0.642. The highest BCUT2D eigenvalue weighted by molar-refractivity contribution is 7.91. The summed E-state index contributed by atoms with van der Waals surface area (Å²) in [4.78, 5) is 35.5. The molecule has 0 spiro atoms. The standard InChI is InChI=1S/C19H24N4O5S2.C3H8/c1-5-30(26,27)13-7-6-12(20-9-13)8-16(24)22-17-21-14-10-23(11-15(14)29-17)18(25)28-19(2,3)4;1-3-2/h6-7,9H,5,8,10-11H2,1-4H3,(H,21,22,24);3H2,1-2H3. The van der Waals surface area contributed by atoms with E-state index in [4.69, 9.17) is 4.74 Å². The second-order valence-electron chi connectivity index (χ2n) is 8.55. The molecular formula is C22H32N4O5S2. The van der Waals surface area contributed by atoms with Crippen molar-refractivity contribution in [1.82, 2.24) is 14.9 Å². The lowest BCUT2D eigenvalue weighted by molar-refractivity contribution is -0.115. The highest BCUT2D eigenvalue weighted by atomic mass is 32.2. The highest BCUT2D eigenvalue weighted by Crippen LogP contribution is 2.31. The van der Waals surface area contributed by atoms with Gasteiger partial charge in [-0.1, -0.05) is 38.5 Å². The number of pyridine rings is 1. The average Bonchev–Trinajstić information content (AvgIpc) is 3.26. The fourth-order valence-corrected chi connectivity index (χ4v) is 4.57. The molecule has 1 N–H and O–H groups in total. The van der Waals surface area contributed by atoms with E-state index in [1.807, 2.05) is 20.8 Å². The van der Waals surface area contributed by atoms with Crippen LogP contribution in [0.4, 0.5) is 9.93 Å². The molecule has 182 valence electrons. The Morgan fingerprint density at radius 1 is 1.18 bits per heavy atom. The lowest BCUT2D eigenvalue weighted by atomic mass is 10.2. The van der Waals surface area contributed by atoms with E-state index < -0.39 is 21.5 Å². The quantitative estimate of drug-likeness (QED) is 0.659. The van der Waals surface area contributed by atoms with Crippen LogP contribution in [0, 0.1) is 0 Å². The fourth-order valence-electron chi connectivity index (χ4n) is 2.74. The molecule has 11 heteroatoms. The fraction of sp³-hybridized carbons (Fsp3) is 0.545. The Kier molecular flexibility index (Phi) is 8.96. The van der Waals surface area contributed by atoms with E-state index in [-0.39, 0.29) is 23.0 Å². The maximum atomic E-state index is 12.3. The Hall–Kier alpha value is -2.53. The van der Waals surface area contributed by atoms with Crippen molar-refractivity contribution >= 4 is 38.3 Å². The number of nitrogens with zero attached hydrogens (tertiary/aromatic N) is 3. The summed E-state index contributed by atoms with van der Waals surface area (Å²) in [5, 5.41) is 3.19. The van der Waals surface area contributed by atoms with Crippen molar-refractivity contribution in [3.05, 3.63) is 34.6 Å². The summed E-state index contributed by atoms with van der Waals surface area (Å²) in [6.07, 6.45) is 2.13. The Labute approximate surface area is 199 Å². The minimum Gasteiger partial charge on any atom is -0.444 e. The number of anilines is 1. The highest BCUT2D eigenvalue weighted by Gasteiger charge is 2.30. The zero-order chi connectivity index (χ0) is 24.8. The average molecular weight is 497 g/mol. The van der Waals surface area contributed by atoms with Crippen LogP contribution in [0.2, 0.25) is 0 Å². The Morgan fingerprint density at radius 3 is 2.36 bits per heavy atom. The Bertz CT molecular complexity index is 1050. The van der Waals surface area contributed by atoms with Gasteiger partial charge < -0.3 is 10.1 Å². The number of sulfone groups is 1. The molecule has 0 saturated carbocycles. The number of carbonyl (C=O) groups is 2. The first-order valence-corrected chi connectivity index (χ1v) is 13.3. The van der Waals surface area contributed by atoms with Gasteiger partial charge in [0, 0.05) is 11.9 Å². The van der Waals surface area contributed by atoms with Gasteiger partial charge in [0.15, 0.2) is 15.0 Å². The van der Waals surface area contributed by atoms with E-state index in [9.17, 15) is 18.0 Å². The molecule has 3 rings (SSSR count). The summed E-state index contributed by atoms with van der Waals surface area (Å²) in [7, 11) is -3.32. The molecule has 1 aliphatic heterocycles. The molecule has 0 saturated heterocycles. The molecule has 2 aromatic rings. The van der Waals surface area contributed by atoms with Gasteiger partial charge in [-0.3, -0.25) is 14.7 Å². The van der Waals surface area contributed by atoms with Crippen LogP contribution in [-0.4, -0.2) is 46.6 Å². The van der Waals surface area contributed by atoms with E-state index in [2.05, 4.69) is 29.1 Å². The van der Waals surface area contributed by atoms with E-state index in [0.717, 1.165) is 10.6 Å². The Morgan fingerprint density at radius 2 is 1.85 bits per heavy atom. The van der Waals surface area contributed by atoms with Crippen LogP contribution < -0.4 is 5.32 Å². The van der Waals surface area contributed by atoms with Gasteiger partial charge >= 0.3 is 6.09 Å². The minimum atomic E-state index is -3.32. The van der Waals surface area contributed by atoms with Gasteiger partial charge in [-0.2, -0.15) is 0 Å². The molecule has 0 aromatic carbocycles. The number of ether oxygens (including phenoxy) is 1. The molecule has 0 bridgehead atoms. The number of hydrogen-bond acceptors (Lipinski definition) is 8. The van der Waals surface area contributed by atoms with Gasteiger partial charge in [0.2, 0.25) is 5.91 Å². The first-order chi connectivity index (χ1) is 15.4. The molecule has 0 radical (unpaired) electrons. The second-order valence-corrected chi connectivity index (χ2v) is 11.9. The van der Waals surface area contributed by atoms with Crippen molar-refractivity contribution in [1.29, 1.82) is 0 Å². The number of carbonyl (C=O) groups excluding carboxylic acids is 2. The molecule has 0 fully saturated rings. The number of nitrogens with one attached hydrogen (secondary N) is 1. The first kappa shape index (κ1) is 26.7. The summed E-state index contributed by atoms with van der Waals surface area (Å²) in [6, 6.07) is 2.99. The van der Waals surface area contributed by atoms with E-state index >= 15 is 0 Å². The Balaban J connectivity index is 0.00000122. The smallest absolute Gasteiger partial charge is 0.410 e. The molecule has 2 amide bonds. The van der Waals surface area contributed by atoms with Crippen molar-refractivity contribution < 1.29 is 22.7 Å². The summed E-state index contributed by atoms with van der Waals surface area (Å²) >= 11 is 1.32. The third-order valence-corrected chi connectivity index (χ3v) is 6.95. The molecule has 0 aliphatic carbocycles. The van der Waals surface area contributed by atoms with Crippen LogP contribution in [-0.2, 0) is 38.9 Å². The number of hydrogen-bond donors (Lipinski definition) is 1. The van der Waals surface area contributed by atoms with Crippen LogP contribution in [0.25, 0.3) is 0 Å². The van der Waals surface area contributed by atoms with Crippen molar-refractivity contribution in [2.24, 2.45) is 0 Å². The predicted molar refractivity (Wildman–Crippen MR) is 128 cm³/mol. The molecule has 9 nitrogen and oxygen atoms in total. The second kappa shape index (κ2) is 11.1. The lowest BCUT2D eigenvalue weighted by Crippen LogP contribution is -2.33. The van der Waals surface area contributed by atoms with Crippen LogP contribution in [0.1, 0.15) is 64.2 Å². The zero-order valence-corrected chi connectivity index (χ0v) is 21.6. The minimum absolute atomic E-state index is 0.000727. The lowest BCUT2D eigenvalue weighted by Gasteiger charge is -2.24. The maximum absolute atomic E-state index is 12.3. The maximum Gasteiger partial charge on any atom is 0.410 e. The summed E-state index contributed by atoms with van der Waals surface area (Å²) < 4.78 is 29.0. The van der Waals surface area contributed by atoms with Crippen molar-refractivity contribution in [3.8, 4) is 0 Å². The number of thiazole rings is 1. The van der Waals surface area contributed by atoms with Crippen molar-refractivity contribution in [3.63, 3.8) is 0 Å². The number of amides is 2. The van der Waals surface area contributed by atoms with Gasteiger partial charge in [-0.05, 0) is 32.9 Å². The van der Waals surface area contributed by atoms with Gasteiger partial charge in [0.05, 0.1) is 40.7 Å². The van der Waals surface area contributed by atoms with Gasteiger partial charge in [-0.25, -0.2) is 18.2 Å². The van der Waals surface area contributed by atoms with E-state index in [1.165, 1.54) is 36.1 Å². The SMILES string of the molecule is CCC.CCS(=O)(=O)c1ccc(CC(=O)Nc2nc3c(s2)CN(C(=O)OC(C)(C)C)C3)nc1. The molecule has 3 heterocycles. The monoisotopic (exact) mass is 496 g/mol. The predicted octanol–water partition coefficient (Wildman–Crippen LogP) is 4.18. The van der Waals surface area contributed by atoms with Crippen molar-refractivity contribution in [2.45, 2.75) is 78.0 Å². The molecule has 1 aliphatic rings. The van der Waals surface area contributed by atoms with Crippen LogP contribution in [0.15, 0.2) is 23.2 Å². The summed E-state index contributed by atoms with van der Waals surface area (Å²) in [5.74, 6) is -0.306. The molecule has 2 aromatic heterocycles. The van der Waals surface area contributed by atoms with E-state index in [0.29, 0.717) is 23.9 Å². The van der Waals surface area contributed by atoms with Crippen LogP contribution in [0.3, 0.4) is 0 Å². The topological polar surface area (TPSA) is 119 Å². The summed E-state index contributed by atoms with van der Waals surface area (Å²) in [6.45, 7) is 12.0. The largest absolute Gasteiger partial charge is 0.444 e. The van der Waals surface area contributed by atoms with Crippen LogP contribution >= 0.6 is 11.3 Å². The third kappa shape index (κ3) is 7.78. The van der Waals surface area contributed by atoms with Gasteiger partial charge in [-0.15, -0.1) is 0 Å². The third-order valence-electron chi connectivity index (χ3n) is 4.23. The van der Waals surface area contributed by atoms with Gasteiger partial charge in [0.1, 0.15) is 5.60 Å². The molecule has 33 heavy (non-hydrogen) atoms. The molecule has 0 unspecified atom stereocenters. The normalized spacial score (nSPS) is 13.1. The zero-order valence-electron chi connectivity index (χ0n) is 20.0.